The summed E-state index contributed by atoms with van der Waals surface area (Å²) in [5.41, 5.74) is 2.01. The maximum atomic E-state index is 12.7. The number of fused-ring (bicyclic) bond motifs is 1. The molecule has 6 nitrogen and oxygen atoms in total. The van der Waals surface area contributed by atoms with E-state index in [-0.39, 0.29) is 17.5 Å². The number of amides is 2. The van der Waals surface area contributed by atoms with E-state index in [0.717, 1.165) is 49.1 Å². The van der Waals surface area contributed by atoms with Crippen LogP contribution in [0.1, 0.15) is 51.6 Å². The number of nitrogens with zero attached hydrogens (tertiary/aromatic N) is 3. The van der Waals surface area contributed by atoms with Crippen LogP contribution >= 0.6 is 0 Å². The number of carbonyl (C=O) groups excluding carboxylic acids is 1. The first kappa shape index (κ1) is 20.5. The Morgan fingerprint density at radius 2 is 2.04 bits per heavy atom. The molecule has 0 spiro atoms. The third-order valence-electron chi connectivity index (χ3n) is 5.24. The van der Waals surface area contributed by atoms with Gasteiger partial charge in [0.15, 0.2) is 5.65 Å². The molecule has 1 aliphatic heterocycles. The number of ether oxygens (including phenoxy) is 1. The summed E-state index contributed by atoms with van der Waals surface area (Å²) in [7, 11) is 1.68. The maximum Gasteiger partial charge on any atom is 0.317 e. The summed E-state index contributed by atoms with van der Waals surface area (Å²) in [6, 6.07) is 8.19. The van der Waals surface area contributed by atoms with Gasteiger partial charge < -0.3 is 15.0 Å². The zero-order valence-corrected chi connectivity index (χ0v) is 17.4. The molecule has 1 unspecified atom stereocenters. The molecule has 0 bridgehead atoms. The van der Waals surface area contributed by atoms with Crippen LogP contribution in [0.4, 0.5) is 4.79 Å². The van der Waals surface area contributed by atoms with Crippen LogP contribution < -0.4 is 5.32 Å². The van der Waals surface area contributed by atoms with Crippen LogP contribution in [0.2, 0.25) is 0 Å². The standard InChI is InChI=1S/C22H32N4O2/c1-22(2,3)14-18(15-28-4)24-21(27)26-12-9-16(10-13-26)19-8-7-17-6-5-11-23-20(17)25-19/h5-8,11,16,18H,9-10,12-15H2,1-4H3,(H,24,27). The molecule has 0 aromatic carbocycles. The zero-order chi connectivity index (χ0) is 20.1. The van der Waals surface area contributed by atoms with Crippen molar-refractivity contribution in [3.05, 3.63) is 36.2 Å². The summed E-state index contributed by atoms with van der Waals surface area (Å²) < 4.78 is 5.30. The summed E-state index contributed by atoms with van der Waals surface area (Å²) in [4.78, 5) is 23.7. The highest BCUT2D eigenvalue weighted by atomic mass is 16.5. The lowest BCUT2D eigenvalue weighted by atomic mass is 9.88. The minimum absolute atomic E-state index is 0.0119. The fourth-order valence-electron chi connectivity index (χ4n) is 3.93. The lowest BCUT2D eigenvalue weighted by molar-refractivity contribution is 0.132. The molecule has 6 heteroatoms. The van der Waals surface area contributed by atoms with Crippen molar-refractivity contribution in [1.82, 2.24) is 20.2 Å². The molecule has 2 aromatic heterocycles. The first-order valence-electron chi connectivity index (χ1n) is 10.1. The monoisotopic (exact) mass is 384 g/mol. The number of nitrogens with one attached hydrogen (secondary N) is 1. The quantitative estimate of drug-likeness (QED) is 0.847. The number of urea groups is 1. The Morgan fingerprint density at radius 3 is 2.71 bits per heavy atom. The van der Waals surface area contributed by atoms with E-state index < -0.39 is 0 Å². The van der Waals surface area contributed by atoms with Crippen molar-refractivity contribution in [1.29, 1.82) is 0 Å². The lowest BCUT2D eigenvalue weighted by Gasteiger charge is -2.34. The van der Waals surface area contributed by atoms with E-state index in [1.807, 2.05) is 17.0 Å². The summed E-state index contributed by atoms with van der Waals surface area (Å²) >= 11 is 0. The predicted molar refractivity (Wildman–Crippen MR) is 111 cm³/mol. The van der Waals surface area contributed by atoms with E-state index in [4.69, 9.17) is 9.72 Å². The number of aromatic nitrogens is 2. The number of rotatable bonds is 5. The van der Waals surface area contributed by atoms with Crippen molar-refractivity contribution in [3.63, 3.8) is 0 Å². The number of hydrogen-bond donors (Lipinski definition) is 1. The number of piperidine rings is 1. The highest BCUT2D eigenvalue weighted by Crippen LogP contribution is 2.28. The number of carbonyl (C=O) groups is 1. The fraction of sp³-hybridized carbons (Fsp3) is 0.591. The van der Waals surface area contributed by atoms with Gasteiger partial charge >= 0.3 is 6.03 Å². The Kier molecular flexibility index (Phi) is 6.50. The van der Waals surface area contributed by atoms with E-state index in [1.165, 1.54) is 0 Å². The third-order valence-corrected chi connectivity index (χ3v) is 5.24. The molecule has 1 aliphatic rings. The first-order valence-corrected chi connectivity index (χ1v) is 10.1. The average molecular weight is 385 g/mol. The highest BCUT2D eigenvalue weighted by Gasteiger charge is 2.27. The van der Waals surface area contributed by atoms with E-state index >= 15 is 0 Å². The minimum Gasteiger partial charge on any atom is -0.383 e. The second-order valence-electron chi connectivity index (χ2n) is 8.91. The van der Waals surface area contributed by atoms with Crippen molar-refractivity contribution in [2.45, 2.75) is 52.0 Å². The van der Waals surface area contributed by atoms with E-state index in [9.17, 15) is 4.79 Å². The van der Waals surface area contributed by atoms with Crippen molar-refractivity contribution in [2.75, 3.05) is 26.8 Å². The molecule has 152 valence electrons. The first-order chi connectivity index (χ1) is 13.4. The molecule has 2 aromatic rings. The van der Waals surface area contributed by atoms with Crippen LogP contribution in [0.3, 0.4) is 0 Å². The normalized spacial score (nSPS) is 16.9. The number of likely N-dealkylation sites (tertiary alicyclic amines) is 1. The second kappa shape index (κ2) is 8.86. The molecule has 0 saturated carbocycles. The third kappa shape index (κ3) is 5.41. The summed E-state index contributed by atoms with van der Waals surface area (Å²) in [5, 5.41) is 4.22. The Bertz CT molecular complexity index is 794. The van der Waals surface area contributed by atoms with E-state index in [1.54, 1.807) is 13.3 Å². The molecule has 0 radical (unpaired) electrons. The molecule has 0 aliphatic carbocycles. The van der Waals surface area contributed by atoms with Gasteiger partial charge in [-0.3, -0.25) is 0 Å². The molecular weight excluding hydrogens is 352 g/mol. The molecule has 28 heavy (non-hydrogen) atoms. The second-order valence-corrected chi connectivity index (χ2v) is 8.91. The molecule has 3 heterocycles. The van der Waals surface area contributed by atoms with Gasteiger partial charge in [0.25, 0.3) is 0 Å². The van der Waals surface area contributed by atoms with Crippen LogP contribution in [0.15, 0.2) is 30.5 Å². The van der Waals surface area contributed by atoms with Gasteiger partial charge in [-0.05, 0) is 48.9 Å². The van der Waals surface area contributed by atoms with Gasteiger partial charge in [-0.2, -0.15) is 0 Å². The van der Waals surface area contributed by atoms with Crippen molar-refractivity contribution < 1.29 is 9.53 Å². The SMILES string of the molecule is COCC(CC(C)(C)C)NC(=O)N1CCC(c2ccc3cccnc3n2)CC1. The molecule has 1 saturated heterocycles. The van der Waals surface area contributed by atoms with Gasteiger partial charge in [0.05, 0.1) is 12.6 Å². The average Bonchev–Trinajstić information content (AvgIpc) is 2.66. The molecule has 1 N–H and O–H groups in total. The Balaban J connectivity index is 1.56. The largest absolute Gasteiger partial charge is 0.383 e. The summed E-state index contributed by atoms with van der Waals surface area (Å²) in [6.45, 7) is 8.56. The zero-order valence-electron chi connectivity index (χ0n) is 17.4. The van der Waals surface area contributed by atoms with Crippen LogP contribution in [0, 0.1) is 5.41 Å². The summed E-state index contributed by atoms with van der Waals surface area (Å²) in [5.74, 6) is 0.375. The van der Waals surface area contributed by atoms with Crippen LogP contribution in [0.25, 0.3) is 11.0 Å². The predicted octanol–water partition coefficient (Wildman–Crippen LogP) is 3.97. The lowest BCUT2D eigenvalue weighted by Crippen LogP contribution is -2.49. The Hall–Kier alpha value is -2.21. The van der Waals surface area contributed by atoms with Crippen LogP contribution in [-0.2, 0) is 4.74 Å². The highest BCUT2D eigenvalue weighted by molar-refractivity contribution is 5.75. The number of methoxy groups -OCH3 is 1. The van der Waals surface area contributed by atoms with Gasteiger partial charge in [-0.1, -0.05) is 20.8 Å². The molecule has 2 amide bonds. The van der Waals surface area contributed by atoms with Gasteiger partial charge in [0.1, 0.15) is 0 Å². The van der Waals surface area contributed by atoms with Gasteiger partial charge in [-0.15, -0.1) is 0 Å². The Morgan fingerprint density at radius 1 is 1.29 bits per heavy atom. The maximum absolute atomic E-state index is 12.7. The fourth-order valence-corrected chi connectivity index (χ4v) is 3.93. The summed E-state index contributed by atoms with van der Waals surface area (Å²) in [6.07, 6.45) is 4.51. The van der Waals surface area contributed by atoms with Crippen molar-refractivity contribution in [3.8, 4) is 0 Å². The van der Waals surface area contributed by atoms with Crippen molar-refractivity contribution in [2.24, 2.45) is 5.41 Å². The molecule has 1 fully saturated rings. The van der Waals surface area contributed by atoms with E-state index in [0.29, 0.717) is 12.5 Å². The van der Waals surface area contributed by atoms with Crippen LogP contribution in [-0.4, -0.2) is 53.7 Å². The minimum atomic E-state index is 0.0119. The van der Waals surface area contributed by atoms with Crippen LogP contribution in [0.5, 0.6) is 0 Å². The van der Waals surface area contributed by atoms with Gasteiger partial charge in [0.2, 0.25) is 0 Å². The van der Waals surface area contributed by atoms with Gasteiger partial charge in [-0.25, -0.2) is 14.8 Å². The molecule has 3 rings (SSSR count). The number of hydrogen-bond acceptors (Lipinski definition) is 4. The smallest absolute Gasteiger partial charge is 0.317 e. The molecular formula is C22H32N4O2. The molecule has 1 atom stereocenters. The topological polar surface area (TPSA) is 67.3 Å². The van der Waals surface area contributed by atoms with Crippen molar-refractivity contribution >= 4 is 17.1 Å². The Labute approximate surface area is 167 Å². The van der Waals surface area contributed by atoms with Gasteiger partial charge in [0, 0.05) is 43.4 Å². The van der Waals surface area contributed by atoms with E-state index in [2.05, 4.69) is 43.2 Å². The number of pyridine rings is 2.